The number of aryl methyl sites for hydroxylation is 2. The van der Waals surface area contributed by atoms with E-state index in [1.165, 1.54) is 63.3 Å². The van der Waals surface area contributed by atoms with E-state index in [0.717, 1.165) is 133 Å². The van der Waals surface area contributed by atoms with Crippen LogP contribution in [0.2, 0.25) is 0 Å². The van der Waals surface area contributed by atoms with Crippen LogP contribution in [0.5, 0.6) is 23.0 Å². The van der Waals surface area contributed by atoms with Crippen LogP contribution in [0.3, 0.4) is 0 Å². The number of carbonyl (C=O) groups excluding carboxylic acids is 6. The Labute approximate surface area is 501 Å². The van der Waals surface area contributed by atoms with E-state index in [9.17, 15) is 28.8 Å². The van der Waals surface area contributed by atoms with Gasteiger partial charge in [0, 0.05) is 91.4 Å². The van der Waals surface area contributed by atoms with Crippen molar-refractivity contribution in [2.24, 2.45) is 29.6 Å². The van der Waals surface area contributed by atoms with Crippen LogP contribution >= 0.6 is 0 Å². The third kappa shape index (κ3) is 16.3. The van der Waals surface area contributed by atoms with Crippen molar-refractivity contribution >= 4 is 35.6 Å². The minimum absolute atomic E-state index is 0.0697. The van der Waals surface area contributed by atoms with Crippen molar-refractivity contribution in [1.29, 1.82) is 0 Å². The highest BCUT2D eigenvalue weighted by atomic mass is 16.7. The van der Waals surface area contributed by atoms with Crippen molar-refractivity contribution in [3.63, 3.8) is 0 Å². The van der Waals surface area contributed by atoms with Crippen LogP contribution in [0, 0.1) is 43.4 Å². The number of hydrogen-bond acceptors (Lipinski definition) is 13. The van der Waals surface area contributed by atoms with Gasteiger partial charge in [-0.2, -0.15) is 0 Å². The number of allylic oxidation sites excluding steroid dienone is 10. The number of rotatable bonds is 16. The summed E-state index contributed by atoms with van der Waals surface area (Å²) in [5.74, 6) is 3.68. The SMILES string of the molecule is C=C1C(=O)C2=C3C(=C1C)OC[C@@H](CCC=C(C)C)[C@@H]3CC[C@H]2C.CC(=O)OC[C@@H](CCC=C(C)C)[C@@H]1CC[C@@H](C)c2c1cc(C)c(OC(C)=O)c2OC(C)=O.CC(=O)Oc1cc(C)c2c3c1[C@H](C)CC[C@H]3[C@H](CCC=C(C)C)C(OC(C)=O)O2. The highest BCUT2D eigenvalue weighted by Gasteiger charge is 2.47. The van der Waals surface area contributed by atoms with Gasteiger partial charge in [-0.15, -0.1) is 0 Å². The fraction of sp³-hybridized carbons (Fsp3) is 0.577. The minimum Gasteiger partial charge on any atom is -0.493 e. The number of Topliss-reactive ketones (excluding diaryl/α,β-unsaturated/α-hetero) is 1. The van der Waals surface area contributed by atoms with E-state index in [1.807, 2.05) is 32.9 Å². The summed E-state index contributed by atoms with van der Waals surface area (Å²) in [6.07, 6.45) is 18.1. The van der Waals surface area contributed by atoms with Crippen LogP contribution < -0.4 is 18.9 Å². The lowest BCUT2D eigenvalue weighted by atomic mass is 9.65. The number of ketones is 1. The second-order valence-electron chi connectivity index (χ2n) is 25.3. The smallest absolute Gasteiger partial charge is 0.308 e. The molecule has 13 heteroatoms. The van der Waals surface area contributed by atoms with E-state index in [-0.39, 0.29) is 59.2 Å². The molecular formula is C71H96O13. The molecule has 10 atom stereocenters. The van der Waals surface area contributed by atoms with Gasteiger partial charge < -0.3 is 33.2 Å². The standard InChI is InChI=1S/C26H36O6.C24H32O5.C21H28O2/c1-15(2)9-8-10-21(14-30-18(5)27)22-12-11-16(3)24-23(22)13-17(4)25(31-19(6)28)26(24)32-20(7)29;1-13(2)8-7-9-19-18-11-10-14(3)21-20(27-16(5)25)12-15(4)23(22(18)21)29-24(19)28-17(6)26;1-12(2)7-6-8-16-11-23-21-15(5)14(4)20(22)18-13(3)9-10-17(16)19(18)21/h9,13,16,21-22H,8,10-12,14H2,1-7H3;8,12,14,18-19,24H,7,9-11H2,1-6H3;7,13,16-17H,4,6,8-11H2,1-3,5H3/t16-,21-,22+;14-,18+,19+,24?;13-,16-,17+/m111/s1. The zero-order valence-electron chi connectivity index (χ0n) is 53.6. The Morgan fingerprint density at radius 1 is 0.619 bits per heavy atom. The molecule has 458 valence electrons. The first-order valence-electron chi connectivity index (χ1n) is 30.7. The molecule has 0 amide bonds. The molecular weight excluding hydrogens is 1060 g/mol. The molecule has 8 rings (SSSR count). The summed E-state index contributed by atoms with van der Waals surface area (Å²) in [6, 6.07) is 3.92. The summed E-state index contributed by atoms with van der Waals surface area (Å²) >= 11 is 0. The van der Waals surface area contributed by atoms with Gasteiger partial charge in [0.15, 0.2) is 17.3 Å². The van der Waals surface area contributed by atoms with Gasteiger partial charge in [0.25, 0.3) is 0 Å². The maximum absolute atomic E-state index is 12.8. The van der Waals surface area contributed by atoms with Crippen molar-refractivity contribution in [2.45, 2.75) is 225 Å². The Bertz CT molecular complexity index is 3000. The lowest BCUT2D eigenvalue weighted by molar-refractivity contribution is -0.174. The Morgan fingerprint density at radius 3 is 1.80 bits per heavy atom. The van der Waals surface area contributed by atoms with E-state index in [2.05, 4.69) is 87.1 Å². The van der Waals surface area contributed by atoms with Gasteiger partial charge in [0.1, 0.15) is 17.3 Å². The predicted octanol–water partition coefficient (Wildman–Crippen LogP) is 16.4. The molecule has 0 radical (unpaired) electrons. The van der Waals surface area contributed by atoms with Gasteiger partial charge in [-0.1, -0.05) is 68.4 Å². The summed E-state index contributed by atoms with van der Waals surface area (Å²) in [5, 5.41) is 0. The highest BCUT2D eigenvalue weighted by molar-refractivity contribution is 6.13. The van der Waals surface area contributed by atoms with Crippen molar-refractivity contribution < 1.29 is 61.9 Å². The first-order chi connectivity index (χ1) is 39.6. The topological polar surface area (TPSA) is 167 Å². The van der Waals surface area contributed by atoms with Gasteiger partial charge in [0.2, 0.25) is 6.29 Å². The molecule has 1 unspecified atom stereocenters. The van der Waals surface area contributed by atoms with Gasteiger partial charge in [0.05, 0.1) is 13.2 Å². The number of carbonyl (C=O) groups is 6. The quantitative estimate of drug-likeness (QED) is 0.0675. The monoisotopic (exact) mass is 1160 g/mol. The predicted molar refractivity (Wildman–Crippen MR) is 328 cm³/mol. The van der Waals surface area contributed by atoms with Crippen molar-refractivity contribution in [1.82, 2.24) is 0 Å². The van der Waals surface area contributed by atoms with Crippen LogP contribution in [0.1, 0.15) is 238 Å². The lowest BCUT2D eigenvalue weighted by Gasteiger charge is -2.44. The second-order valence-corrected chi connectivity index (χ2v) is 25.3. The number of ether oxygens (including phenoxy) is 7. The second kappa shape index (κ2) is 29.5. The average molecular weight is 1160 g/mol. The molecule has 2 aromatic rings. The van der Waals surface area contributed by atoms with E-state index in [0.29, 0.717) is 47.2 Å². The minimum atomic E-state index is -0.588. The first kappa shape index (κ1) is 66.6. The van der Waals surface area contributed by atoms with Crippen LogP contribution in [-0.4, -0.2) is 55.1 Å². The summed E-state index contributed by atoms with van der Waals surface area (Å²) < 4.78 is 40.2. The van der Waals surface area contributed by atoms with Gasteiger partial charge >= 0.3 is 29.8 Å². The maximum Gasteiger partial charge on any atom is 0.308 e. The number of benzene rings is 2. The molecule has 1 fully saturated rings. The zero-order chi connectivity index (χ0) is 62.0. The van der Waals surface area contributed by atoms with Gasteiger partial charge in [-0.25, -0.2) is 0 Å². The Morgan fingerprint density at radius 2 is 1.19 bits per heavy atom. The largest absolute Gasteiger partial charge is 0.493 e. The van der Waals surface area contributed by atoms with Crippen molar-refractivity contribution in [3.8, 4) is 23.0 Å². The van der Waals surface area contributed by atoms with Gasteiger partial charge in [-0.3, -0.25) is 28.8 Å². The number of esters is 5. The van der Waals surface area contributed by atoms with E-state index >= 15 is 0 Å². The fourth-order valence-corrected chi connectivity index (χ4v) is 13.7. The van der Waals surface area contributed by atoms with Crippen LogP contribution in [0.25, 0.3) is 0 Å². The summed E-state index contributed by atoms with van der Waals surface area (Å²) in [7, 11) is 0. The fourth-order valence-electron chi connectivity index (χ4n) is 13.7. The van der Waals surface area contributed by atoms with Crippen LogP contribution in [-0.2, 0) is 43.0 Å². The molecule has 2 heterocycles. The zero-order valence-corrected chi connectivity index (χ0v) is 53.6. The molecule has 2 aliphatic heterocycles. The lowest BCUT2D eigenvalue weighted by Crippen LogP contribution is -2.41. The molecule has 0 spiro atoms. The van der Waals surface area contributed by atoms with Crippen LogP contribution in [0.4, 0.5) is 0 Å². The summed E-state index contributed by atoms with van der Waals surface area (Å²) in [4.78, 5) is 71.4. The molecule has 84 heavy (non-hydrogen) atoms. The molecule has 0 saturated carbocycles. The van der Waals surface area contributed by atoms with Crippen molar-refractivity contribution in [3.05, 3.63) is 115 Å². The summed E-state index contributed by atoms with van der Waals surface area (Å²) in [5.41, 5.74) is 13.6. The Hall–Kier alpha value is -6.50. The van der Waals surface area contributed by atoms with E-state index < -0.39 is 18.2 Å². The first-order valence-corrected chi connectivity index (χ1v) is 30.7. The molecule has 0 N–H and O–H groups in total. The summed E-state index contributed by atoms with van der Waals surface area (Å²) in [6.45, 7) is 37.0. The third-order valence-corrected chi connectivity index (χ3v) is 17.6. The average Bonchev–Trinajstić information content (AvgIpc) is 3.01. The van der Waals surface area contributed by atoms with Gasteiger partial charge in [-0.05, 0) is 198 Å². The van der Waals surface area contributed by atoms with E-state index in [4.69, 9.17) is 33.2 Å². The van der Waals surface area contributed by atoms with Crippen LogP contribution in [0.15, 0.2) is 81.7 Å². The maximum atomic E-state index is 12.8. The number of fused-ring (bicyclic) bond motifs is 1. The Balaban J connectivity index is 0.000000204. The third-order valence-electron chi connectivity index (χ3n) is 17.6. The number of hydrogen-bond donors (Lipinski definition) is 0. The molecule has 4 aliphatic carbocycles. The molecule has 2 aromatic carbocycles. The highest BCUT2D eigenvalue weighted by Crippen LogP contribution is 2.57. The van der Waals surface area contributed by atoms with E-state index in [1.54, 1.807) is 0 Å². The molecule has 6 aliphatic rings. The molecule has 0 aromatic heterocycles. The molecule has 13 nitrogen and oxygen atoms in total. The Kier molecular flexibility index (Phi) is 23.4. The van der Waals surface area contributed by atoms with Crippen molar-refractivity contribution in [2.75, 3.05) is 13.2 Å². The normalized spacial score (nSPS) is 23.8. The molecule has 0 bridgehead atoms. The molecule has 1 saturated heterocycles.